The Morgan fingerprint density at radius 1 is 1.20 bits per heavy atom. The summed E-state index contributed by atoms with van der Waals surface area (Å²) in [6.07, 6.45) is 1.60. The molecule has 0 spiro atoms. The third-order valence-electron chi connectivity index (χ3n) is 5.18. The van der Waals surface area contributed by atoms with E-state index in [1.165, 1.54) is 0 Å². The molecule has 30 heavy (non-hydrogen) atoms. The highest BCUT2D eigenvalue weighted by Gasteiger charge is 2.21. The summed E-state index contributed by atoms with van der Waals surface area (Å²) in [6.45, 7) is 6.82. The van der Waals surface area contributed by atoms with Crippen molar-refractivity contribution in [1.29, 1.82) is 0 Å². The summed E-state index contributed by atoms with van der Waals surface area (Å²) in [6, 6.07) is 13.6. The second kappa shape index (κ2) is 10.7. The number of amides is 1. The van der Waals surface area contributed by atoms with Crippen molar-refractivity contribution in [3.63, 3.8) is 0 Å². The number of hydrogen-bond donors (Lipinski definition) is 2. The van der Waals surface area contributed by atoms with Gasteiger partial charge in [0.1, 0.15) is 0 Å². The third-order valence-corrected chi connectivity index (χ3v) is 5.75. The van der Waals surface area contributed by atoms with Gasteiger partial charge in [0.15, 0.2) is 5.96 Å². The van der Waals surface area contributed by atoms with Gasteiger partial charge in [0, 0.05) is 36.1 Å². The van der Waals surface area contributed by atoms with Crippen LogP contribution >= 0.6 is 23.2 Å². The first-order valence-corrected chi connectivity index (χ1v) is 11.1. The Balaban J connectivity index is 1.72. The minimum atomic E-state index is -0.0370. The fourth-order valence-electron chi connectivity index (χ4n) is 3.56. The summed E-state index contributed by atoms with van der Waals surface area (Å²) >= 11 is 12.4. The van der Waals surface area contributed by atoms with Crippen LogP contribution in [0, 0.1) is 0 Å². The van der Waals surface area contributed by atoms with E-state index in [0.717, 1.165) is 36.2 Å². The number of nitrogens with zero attached hydrogens (tertiary/aromatic N) is 2. The van der Waals surface area contributed by atoms with Gasteiger partial charge in [0.2, 0.25) is 5.91 Å². The van der Waals surface area contributed by atoms with E-state index in [1.54, 1.807) is 6.07 Å². The number of nitrogens with one attached hydrogen (secondary N) is 2. The van der Waals surface area contributed by atoms with Crippen LogP contribution in [0.2, 0.25) is 10.0 Å². The molecule has 0 saturated carbocycles. The minimum Gasteiger partial charge on any atom is -0.357 e. The molecular weight excluding hydrogens is 419 g/mol. The molecule has 1 heterocycles. The van der Waals surface area contributed by atoms with Crippen molar-refractivity contribution >= 4 is 35.1 Å². The van der Waals surface area contributed by atoms with Gasteiger partial charge in [-0.05, 0) is 49.1 Å². The summed E-state index contributed by atoms with van der Waals surface area (Å²) in [7, 11) is 0. The molecule has 1 atom stereocenters. The van der Waals surface area contributed by atoms with Crippen LogP contribution in [0.4, 0.5) is 0 Å². The zero-order valence-corrected chi connectivity index (χ0v) is 18.9. The Bertz CT molecular complexity index is 916. The fraction of sp³-hybridized carbons (Fsp3) is 0.391. The molecule has 2 aromatic carbocycles. The molecule has 2 aromatic rings. The number of aliphatic imine (C=N–C) groups is 1. The zero-order chi connectivity index (χ0) is 21.5. The summed E-state index contributed by atoms with van der Waals surface area (Å²) in [5.74, 6) is 0.944. The van der Waals surface area contributed by atoms with Crippen molar-refractivity contribution in [1.82, 2.24) is 15.5 Å². The molecule has 1 fully saturated rings. The van der Waals surface area contributed by atoms with Crippen molar-refractivity contribution in [3.05, 3.63) is 69.2 Å². The molecule has 1 aliphatic rings. The van der Waals surface area contributed by atoms with Gasteiger partial charge in [-0.25, -0.2) is 4.99 Å². The number of rotatable bonds is 7. The molecule has 1 amide bonds. The second-order valence-corrected chi connectivity index (χ2v) is 8.26. The Morgan fingerprint density at radius 2 is 1.97 bits per heavy atom. The highest BCUT2D eigenvalue weighted by atomic mass is 35.5. The molecule has 0 aromatic heterocycles. The monoisotopic (exact) mass is 446 g/mol. The Morgan fingerprint density at radius 3 is 2.63 bits per heavy atom. The first-order valence-electron chi connectivity index (χ1n) is 10.3. The highest BCUT2D eigenvalue weighted by Crippen LogP contribution is 2.26. The van der Waals surface area contributed by atoms with Crippen LogP contribution < -0.4 is 10.6 Å². The molecule has 5 nitrogen and oxygen atoms in total. The summed E-state index contributed by atoms with van der Waals surface area (Å²) in [4.78, 5) is 18.7. The molecule has 1 unspecified atom stereocenters. The topological polar surface area (TPSA) is 56.7 Å². The smallest absolute Gasteiger partial charge is 0.222 e. The van der Waals surface area contributed by atoms with E-state index < -0.39 is 0 Å². The lowest BCUT2D eigenvalue weighted by Gasteiger charge is -2.20. The van der Waals surface area contributed by atoms with Crippen molar-refractivity contribution in [3.8, 4) is 0 Å². The average molecular weight is 447 g/mol. The van der Waals surface area contributed by atoms with Gasteiger partial charge >= 0.3 is 0 Å². The van der Waals surface area contributed by atoms with Crippen LogP contribution in [-0.4, -0.2) is 29.9 Å². The Labute approximate surface area is 188 Å². The maximum Gasteiger partial charge on any atom is 0.222 e. The van der Waals surface area contributed by atoms with Crippen LogP contribution in [-0.2, 0) is 17.9 Å². The molecule has 0 radical (unpaired) electrons. The van der Waals surface area contributed by atoms with Crippen molar-refractivity contribution in [2.75, 3.05) is 13.1 Å². The Kier molecular flexibility index (Phi) is 8.00. The lowest BCUT2D eigenvalue weighted by Crippen LogP contribution is -2.38. The van der Waals surface area contributed by atoms with Gasteiger partial charge < -0.3 is 15.5 Å². The molecule has 2 N–H and O–H groups in total. The number of carbonyl (C=O) groups excluding carboxylic acids is 1. The predicted molar refractivity (Wildman–Crippen MR) is 124 cm³/mol. The van der Waals surface area contributed by atoms with Crippen molar-refractivity contribution < 1.29 is 4.79 Å². The minimum absolute atomic E-state index is 0.0370. The van der Waals surface area contributed by atoms with E-state index in [-0.39, 0.29) is 11.9 Å². The first kappa shape index (κ1) is 22.4. The maximum absolute atomic E-state index is 12.0. The molecule has 0 aliphatic carbocycles. The number of benzene rings is 2. The van der Waals surface area contributed by atoms with E-state index in [0.29, 0.717) is 35.5 Å². The quantitative estimate of drug-likeness (QED) is 0.467. The summed E-state index contributed by atoms with van der Waals surface area (Å²) < 4.78 is 0. The number of likely N-dealkylation sites (tertiary alicyclic amines) is 1. The number of hydrogen-bond acceptors (Lipinski definition) is 2. The molecule has 1 saturated heterocycles. The van der Waals surface area contributed by atoms with Crippen LogP contribution in [0.15, 0.2) is 47.5 Å². The van der Waals surface area contributed by atoms with E-state index in [1.807, 2.05) is 43.0 Å². The van der Waals surface area contributed by atoms with E-state index in [2.05, 4.69) is 22.8 Å². The molecular formula is C23H28Cl2N4O. The SMILES string of the molecule is CCNC(=NCc1ccccc1CN1CCCC1=O)NC(C)c1ccc(Cl)cc1Cl. The van der Waals surface area contributed by atoms with Crippen LogP contribution in [0.5, 0.6) is 0 Å². The van der Waals surface area contributed by atoms with Gasteiger partial charge in [-0.15, -0.1) is 0 Å². The second-order valence-electron chi connectivity index (χ2n) is 7.41. The standard InChI is InChI=1S/C23H28Cl2N4O/c1-3-26-23(28-16(2)20-11-10-19(24)13-21(20)25)27-14-17-7-4-5-8-18(17)15-29-12-6-9-22(29)30/h4-5,7-8,10-11,13,16H,3,6,9,12,14-15H2,1-2H3,(H2,26,27,28). The molecule has 3 rings (SSSR count). The fourth-order valence-corrected chi connectivity index (χ4v) is 4.13. The zero-order valence-electron chi connectivity index (χ0n) is 17.4. The largest absolute Gasteiger partial charge is 0.357 e. The van der Waals surface area contributed by atoms with Gasteiger partial charge in [-0.2, -0.15) is 0 Å². The van der Waals surface area contributed by atoms with E-state index in [4.69, 9.17) is 28.2 Å². The molecule has 1 aliphatic heterocycles. The van der Waals surface area contributed by atoms with Crippen LogP contribution in [0.25, 0.3) is 0 Å². The summed E-state index contributed by atoms with van der Waals surface area (Å²) in [5, 5.41) is 7.94. The van der Waals surface area contributed by atoms with E-state index >= 15 is 0 Å². The van der Waals surface area contributed by atoms with Crippen LogP contribution in [0.3, 0.4) is 0 Å². The van der Waals surface area contributed by atoms with Crippen LogP contribution in [0.1, 0.15) is 49.4 Å². The number of guanidine groups is 1. The van der Waals surface area contributed by atoms with E-state index in [9.17, 15) is 4.79 Å². The normalized spacial score (nSPS) is 15.4. The Hall–Kier alpha value is -2.24. The lowest BCUT2D eigenvalue weighted by molar-refractivity contribution is -0.128. The number of halogens is 2. The van der Waals surface area contributed by atoms with Gasteiger partial charge in [-0.3, -0.25) is 4.79 Å². The highest BCUT2D eigenvalue weighted by molar-refractivity contribution is 6.35. The maximum atomic E-state index is 12.0. The van der Waals surface area contributed by atoms with Crippen molar-refractivity contribution in [2.45, 2.75) is 45.8 Å². The van der Waals surface area contributed by atoms with Gasteiger partial charge in [0.05, 0.1) is 12.6 Å². The van der Waals surface area contributed by atoms with Gasteiger partial charge in [-0.1, -0.05) is 53.5 Å². The lowest BCUT2D eigenvalue weighted by atomic mass is 10.1. The first-order chi connectivity index (χ1) is 14.5. The summed E-state index contributed by atoms with van der Waals surface area (Å²) in [5.41, 5.74) is 3.22. The predicted octanol–water partition coefficient (Wildman–Crippen LogP) is 4.93. The third kappa shape index (κ3) is 5.89. The molecule has 7 heteroatoms. The molecule has 0 bridgehead atoms. The van der Waals surface area contributed by atoms with Crippen molar-refractivity contribution in [2.24, 2.45) is 4.99 Å². The van der Waals surface area contributed by atoms with Gasteiger partial charge in [0.25, 0.3) is 0 Å². The number of carbonyl (C=O) groups is 1. The molecule has 160 valence electrons. The average Bonchev–Trinajstić information content (AvgIpc) is 3.11.